The molecule has 1 fully saturated rings. The van der Waals surface area contributed by atoms with Gasteiger partial charge in [-0.15, -0.1) is 0 Å². The number of likely N-dealkylation sites (tertiary alicyclic amines) is 1. The summed E-state index contributed by atoms with van der Waals surface area (Å²) in [4.78, 5) is 5.21. The predicted molar refractivity (Wildman–Crippen MR) is 75.5 cm³/mol. The van der Waals surface area contributed by atoms with Crippen LogP contribution in [-0.4, -0.2) is 61.7 Å². The van der Waals surface area contributed by atoms with E-state index in [1.807, 2.05) is 0 Å². The molecule has 0 radical (unpaired) electrons. The number of hydrogen-bond donors (Lipinski definition) is 1. The lowest BCUT2D eigenvalue weighted by molar-refractivity contribution is 0.211. The van der Waals surface area contributed by atoms with Gasteiger partial charge in [0, 0.05) is 25.7 Å². The van der Waals surface area contributed by atoms with Crippen LogP contribution in [0.3, 0.4) is 0 Å². The maximum Gasteiger partial charge on any atom is 0.0235 e. The zero-order chi connectivity index (χ0) is 12.7. The maximum atomic E-state index is 3.53. The van der Waals surface area contributed by atoms with Crippen molar-refractivity contribution in [2.45, 2.75) is 40.2 Å². The molecule has 0 aromatic carbocycles. The Morgan fingerprint density at radius 2 is 2.00 bits per heavy atom. The summed E-state index contributed by atoms with van der Waals surface area (Å²) in [7, 11) is 0. The van der Waals surface area contributed by atoms with Gasteiger partial charge in [0.15, 0.2) is 0 Å². The Kier molecular flexibility index (Phi) is 7.09. The molecule has 0 amide bonds. The molecule has 1 aliphatic heterocycles. The maximum absolute atomic E-state index is 3.53. The minimum absolute atomic E-state index is 0.761. The van der Waals surface area contributed by atoms with Gasteiger partial charge in [-0.05, 0) is 38.5 Å². The van der Waals surface area contributed by atoms with Gasteiger partial charge in [0.25, 0.3) is 0 Å². The van der Waals surface area contributed by atoms with Crippen LogP contribution in [0.25, 0.3) is 0 Å². The van der Waals surface area contributed by atoms with Crippen molar-refractivity contribution in [1.29, 1.82) is 0 Å². The van der Waals surface area contributed by atoms with Crippen molar-refractivity contribution in [3.8, 4) is 0 Å². The van der Waals surface area contributed by atoms with E-state index in [-0.39, 0.29) is 0 Å². The van der Waals surface area contributed by atoms with E-state index in [0.717, 1.165) is 25.0 Å². The van der Waals surface area contributed by atoms with E-state index in [1.165, 1.54) is 39.1 Å². The molecule has 102 valence electrons. The fraction of sp³-hybridized carbons (Fsp3) is 1.00. The Labute approximate surface area is 108 Å². The fourth-order valence-corrected chi connectivity index (χ4v) is 2.68. The van der Waals surface area contributed by atoms with Gasteiger partial charge >= 0.3 is 0 Å². The number of rotatable bonds is 8. The normalized spacial score (nSPS) is 21.9. The Hall–Kier alpha value is -0.120. The summed E-state index contributed by atoms with van der Waals surface area (Å²) in [6, 6.07) is 0.801. The van der Waals surface area contributed by atoms with Crippen molar-refractivity contribution in [1.82, 2.24) is 15.1 Å². The van der Waals surface area contributed by atoms with Crippen LogP contribution in [0.1, 0.15) is 34.1 Å². The number of likely N-dealkylation sites (N-methyl/N-ethyl adjacent to an activating group) is 1. The van der Waals surface area contributed by atoms with Gasteiger partial charge in [-0.3, -0.25) is 4.90 Å². The van der Waals surface area contributed by atoms with E-state index < -0.39 is 0 Å². The first-order valence-electron chi connectivity index (χ1n) is 7.34. The Balaban J connectivity index is 2.13. The van der Waals surface area contributed by atoms with E-state index in [9.17, 15) is 0 Å². The van der Waals surface area contributed by atoms with Crippen molar-refractivity contribution in [3.63, 3.8) is 0 Å². The summed E-state index contributed by atoms with van der Waals surface area (Å²) in [5.41, 5.74) is 0. The Bertz CT molecular complexity index is 190. The Morgan fingerprint density at radius 3 is 2.59 bits per heavy atom. The highest BCUT2D eigenvalue weighted by molar-refractivity contribution is 4.82. The number of nitrogens with zero attached hydrogens (tertiary/aromatic N) is 2. The topological polar surface area (TPSA) is 18.5 Å². The van der Waals surface area contributed by atoms with Gasteiger partial charge in [-0.25, -0.2) is 0 Å². The third-order valence-electron chi connectivity index (χ3n) is 3.73. The molecule has 1 heterocycles. The molecule has 0 saturated carbocycles. The molecule has 0 bridgehead atoms. The first-order valence-corrected chi connectivity index (χ1v) is 7.34. The summed E-state index contributed by atoms with van der Waals surface area (Å²) in [5.74, 6) is 0.761. The van der Waals surface area contributed by atoms with Crippen molar-refractivity contribution in [2.24, 2.45) is 5.92 Å². The second kappa shape index (κ2) is 8.06. The van der Waals surface area contributed by atoms with E-state index >= 15 is 0 Å². The highest BCUT2D eigenvalue weighted by atomic mass is 15.3. The summed E-state index contributed by atoms with van der Waals surface area (Å²) >= 11 is 0. The van der Waals surface area contributed by atoms with Crippen LogP contribution < -0.4 is 5.32 Å². The highest BCUT2D eigenvalue weighted by Crippen LogP contribution is 2.14. The van der Waals surface area contributed by atoms with E-state index in [1.54, 1.807) is 0 Å². The van der Waals surface area contributed by atoms with Gasteiger partial charge < -0.3 is 10.2 Å². The molecule has 0 aromatic heterocycles. The van der Waals surface area contributed by atoms with Crippen LogP contribution in [0.5, 0.6) is 0 Å². The molecule has 17 heavy (non-hydrogen) atoms. The average molecular weight is 241 g/mol. The summed E-state index contributed by atoms with van der Waals surface area (Å²) < 4.78 is 0. The van der Waals surface area contributed by atoms with E-state index in [4.69, 9.17) is 0 Å². The average Bonchev–Trinajstić information content (AvgIpc) is 2.75. The molecule has 1 saturated heterocycles. The molecular formula is C14H31N3. The number of nitrogens with one attached hydrogen (secondary N) is 1. The van der Waals surface area contributed by atoms with Crippen LogP contribution >= 0.6 is 0 Å². The van der Waals surface area contributed by atoms with Gasteiger partial charge in [0.1, 0.15) is 0 Å². The lowest BCUT2D eigenvalue weighted by Gasteiger charge is -2.26. The zero-order valence-corrected chi connectivity index (χ0v) is 12.2. The van der Waals surface area contributed by atoms with Gasteiger partial charge in [-0.2, -0.15) is 0 Å². The molecule has 1 aliphatic rings. The van der Waals surface area contributed by atoms with E-state index in [2.05, 4.69) is 42.8 Å². The minimum Gasteiger partial charge on any atom is -0.315 e. The molecule has 0 aliphatic carbocycles. The lowest BCUT2D eigenvalue weighted by Crippen LogP contribution is -2.38. The summed E-state index contributed by atoms with van der Waals surface area (Å²) in [6.45, 7) is 17.5. The SMILES string of the molecule is CCN(CC)C1CCN(CCNCC(C)C)C1. The van der Waals surface area contributed by atoms with Crippen molar-refractivity contribution >= 4 is 0 Å². The van der Waals surface area contributed by atoms with Gasteiger partial charge in [-0.1, -0.05) is 27.7 Å². The second-order valence-corrected chi connectivity index (χ2v) is 5.56. The van der Waals surface area contributed by atoms with E-state index in [0.29, 0.717) is 0 Å². The third kappa shape index (κ3) is 5.36. The molecule has 0 aromatic rings. The van der Waals surface area contributed by atoms with Gasteiger partial charge in [0.05, 0.1) is 0 Å². The monoisotopic (exact) mass is 241 g/mol. The van der Waals surface area contributed by atoms with Crippen LogP contribution in [0.15, 0.2) is 0 Å². The Morgan fingerprint density at radius 1 is 1.29 bits per heavy atom. The largest absolute Gasteiger partial charge is 0.315 e. The molecular weight excluding hydrogens is 210 g/mol. The number of hydrogen-bond acceptors (Lipinski definition) is 3. The smallest absolute Gasteiger partial charge is 0.0235 e. The van der Waals surface area contributed by atoms with Crippen LogP contribution in [-0.2, 0) is 0 Å². The third-order valence-corrected chi connectivity index (χ3v) is 3.73. The predicted octanol–water partition coefficient (Wildman–Crippen LogP) is 1.65. The van der Waals surface area contributed by atoms with Gasteiger partial charge in [0.2, 0.25) is 0 Å². The van der Waals surface area contributed by atoms with Crippen LogP contribution in [0.4, 0.5) is 0 Å². The van der Waals surface area contributed by atoms with Crippen molar-refractivity contribution < 1.29 is 0 Å². The molecule has 1 unspecified atom stereocenters. The second-order valence-electron chi connectivity index (χ2n) is 5.56. The molecule has 1 rings (SSSR count). The highest BCUT2D eigenvalue weighted by Gasteiger charge is 2.25. The lowest BCUT2D eigenvalue weighted by atomic mass is 10.2. The minimum atomic E-state index is 0.761. The quantitative estimate of drug-likeness (QED) is 0.652. The molecule has 3 nitrogen and oxygen atoms in total. The van der Waals surface area contributed by atoms with Crippen LogP contribution in [0, 0.1) is 5.92 Å². The van der Waals surface area contributed by atoms with Crippen molar-refractivity contribution in [3.05, 3.63) is 0 Å². The summed E-state index contributed by atoms with van der Waals surface area (Å²) in [5, 5.41) is 3.53. The van der Waals surface area contributed by atoms with Crippen LogP contribution in [0.2, 0.25) is 0 Å². The molecule has 3 heteroatoms. The first-order chi connectivity index (χ1) is 8.17. The first kappa shape index (κ1) is 14.9. The fourth-order valence-electron chi connectivity index (χ4n) is 2.68. The van der Waals surface area contributed by atoms with Crippen molar-refractivity contribution in [2.75, 3.05) is 45.8 Å². The molecule has 1 atom stereocenters. The zero-order valence-electron chi connectivity index (χ0n) is 12.2. The molecule has 0 spiro atoms. The summed E-state index contributed by atoms with van der Waals surface area (Å²) in [6.07, 6.45) is 1.35. The standard InChI is InChI=1S/C14H31N3/c1-5-17(6-2)14-7-9-16(12-14)10-8-15-11-13(3)4/h13-15H,5-12H2,1-4H3. The molecule has 1 N–H and O–H groups in total.